The predicted octanol–water partition coefficient (Wildman–Crippen LogP) is 3.17. The van der Waals surface area contributed by atoms with Gasteiger partial charge in [0.1, 0.15) is 5.75 Å². The van der Waals surface area contributed by atoms with Crippen LogP contribution in [0.4, 0.5) is 0 Å². The first-order valence-corrected chi connectivity index (χ1v) is 6.02. The highest BCUT2D eigenvalue weighted by atomic mass is 32.1. The molecule has 1 rings (SSSR count). The van der Waals surface area contributed by atoms with Gasteiger partial charge in [-0.15, -0.1) is 0 Å². The van der Waals surface area contributed by atoms with E-state index in [2.05, 4.69) is 26.5 Å². The average molecular weight is 240 g/mol. The summed E-state index contributed by atoms with van der Waals surface area (Å²) in [5.74, 6) is 1.70. The van der Waals surface area contributed by atoms with Gasteiger partial charge in [-0.1, -0.05) is 26.0 Å². The van der Waals surface area contributed by atoms with Crippen molar-refractivity contribution in [3.8, 4) is 5.75 Å². The molecule has 0 saturated heterocycles. The third-order valence-corrected chi connectivity index (χ3v) is 3.12. The summed E-state index contributed by atoms with van der Waals surface area (Å²) in [6, 6.07) is 7.99. The molecule has 0 aliphatic carbocycles. The Bertz CT molecular complexity index is 323. The molecule has 0 bridgehead atoms. The van der Waals surface area contributed by atoms with Gasteiger partial charge in [0.25, 0.3) is 0 Å². The zero-order chi connectivity index (χ0) is 12.0. The Morgan fingerprint density at radius 2 is 2.06 bits per heavy atom. The van der Waals surface area contributed by atoms with E-state index in [1.165, 1.54) is 0 Å². The van der Waals surface area contributed by atoms with Crippen LogP contribution in [-0.2, 0) is 11.3 Å². The average Bonchev–Trinajstić information content (AvgIpc) is 2.28. The van der Waals surface area contributed by atoms with E-state index in [0.29, 0.717) is 13.2 Å². The van der Waals surface area contributed by atoms with Crippen LogP contribution in [0.1, 0.15) is 19.4 Å². The molecule has 0 fully saturated rings. The standard InChI is InChI=1S/C13H20O2S/c1-13(2,10-16)9-15-12-6-4-5-11(7-12)8-14-3/h4-7,16H,8-10H2,1-3H3. The van der Waals surface area contributed by atoms with E-state index in [9.17, 15) is 0 Å². The number of thiol groups is 1. The SMILES string of the molecule is COCc1cccc(OCC(C)(C)CS)c1. The van der Waals surface area contributed by atoms with Gasteiger partial charge in [-0.2, -0.15) is 12.6 Å². The van der Waals surface area contributed by atoms with Crippen LogP contribution >= 0.6 is 12.6 Å². The van der Waals surface area contributed by atoms with Crippen LogP contribution in [0.15, 0.2) is 24.3 Å². The second-order valence-electron chi connectivity index (χ2n) is 4.69. The predicted molar refractivity (Wildman–Crippen MR) is 70.3 cm³/mol. The Balaban J connectivity index is 2.57. The largest absolute Gasteiger partial charge is 0.493 e. The van der Waals surface area contributed by atoms with E-state index in [4.69, 9.17) is 9.47 Å². The molecular weight excluding hydrogens is 220 g/mol. The molecule has 2 nitrogen and oxygen atoms in total. The maximum Gasteiger partial charge on any atom is 0.119 e. The highest BCUT2D eigenvalue weighted by molar-refractivity contribution is 7.80. The Morgan fingerprint density at radius 3 is 2.69 bits per heavy atom. The topological polar surface area (TPSA) is 18.5 Å². The lowest BCUT2D eigenvalue weighted by atomic mass is 9.98. The van der Waals surface area contributed by atoms with Crippen LogP contribution in [0.3, 0.4) is 0 Å². The van der Waals surface area contributed by atoms with E-state index < -0.39 is 0 Å². The van der Waals surface area contributed by atoms with Crippen molar-refractivity contribution in [3.05, 3.63) is 29.8 Å². The smallest absolute Gasteiger partial charge is 0.119 e. The first-order chi connectivity index (χ1) is 7.57. The lowest BCUT2D eigenvalue weighted by Crippen LogP contribution is -2.23. The maximum atomic E-state index is 5.74. The van der Waals surface area contributed by atoms with Gasteiger partial charge < -0.3 is 9.47 Å². The van der Waals surface area contributed by atoms with E-state index in [-0.39, 0.29) is 5.41 Å². The van der Waals surface area contributed by atoms with E-state index >= 15 is 0 Å². The van der Waals surface area contributed by atoms with Crippen molar-refractivity contribution in [1.29, 1.82) is 0 Å². The van der Waals surface area contributed by atoms with Crippen molar-refractivity contribution in [2.45, 2.75) is 20.5 Å². The molecule has 0 amide bonds. The molecule has 90 valence electrons. The zero-order valence-corrected chi connectivity index (χ0v) is 11.1. The first kappa shape index (κ1) is 13.4. The van der Waals surface area contributed by atoms with Crippen LogP contribution in [0, 0.1) is 5.41 Å². The lowest BCUT2D eigenvalue weighted by Gasteiger charge is -2.22. The molecule has 3 heteroatoms. The monoisotopic (exact) mass is 240 g/mol. The van der Waals surface area contributed by atoms with Gasteiger partial charge >= 0.3 is 0 Å². The van der Waals surface area contributed by atoms with Gasteiger partial charge in [0.05, 0.1) is 13.2 Å². The molecule has 0 aromatic heterocycles. The molecule has 0 spiro atoms. The van der Waals surface area contributed by atoms with Gasteiger partial charge in [0, 0.05) is 12.5 Å². The van der Waals surface area contributed by atoms with Crippen molar-refractivity contribution in [3.63, 3.8) is 0 Å². The molecule has 1 aromatic rings. The third-order valence-electron chi connectivity index (χ3n) is 2.27. The number of methoxy groups -OCH3 is 1. The van der Waals surface area contributed by atoms with Crippen molar-refractivity contribution in [1.82, 2.24) is 0 Å². The van der Waals surface area contributed by atoms with Gasteiger partial charge in [0.15, 0.2) is 0 Å². The fourth-order valence-electron chi connectivity index (χ4n) is 1.22. The second kappa shape index (κ2) is 6.16. The Morgan fingerprint density at radius 1 is 1.31 bits per heavy atom. The number of benzene rings is 1. The zero-order valence-electron chi connectivity index (χ0n) is 10.2. The van der Waals surface area contributed by atoms with Gasteiger partial charge in [0.2, 0.25) is 0 Å². The molecule has 0 aliphatic rings. The van der Waals surface area contributed by atoms with Crippen LogP contribution in [-0.4, -0.2) is 19.5 Å². The van der Waals surface area contributed by atoms with Crippen molar-refractivity contribution in [2.75, 3.05) is 19.5 Å². The maximum absolute atomic E-state index is 5.74. The van der Waals surface area contributed by atoms with Crippen LogP contribution in [0.25, 0.3) is 0 Å². The molecule has 0 atom stereocenters. The molecule has 0 radical (unpaired) electrons. The number of rotatable bonds is 6. The quantitative estimate of drug-likeness (QED) is 0.770. The summed E-state index contributed by atoms with van der Waals surface area (Å²) in [4.78, 5) is 0. The molecule has 16 heavy (non-hydrogen) atoms. The van der Waals surface area contributed by atoms with Crippen molar-refractivity contribution < 1.29 is 9.47 Å². The fourth-order valence-corrected chi connectivity index (χ4v) is 1.31. The molecule has 1 aromatic carbocycles. The van der Waals surface area contributed by atoms with Crippen molar-refractivity contribution in [2.24, 2.45) is 5.41 Å². The first-order valence-electron chi connectivity index (χ1n) is 5.39. The summed E-state index contributed by atoms with van der Waals surface area (Å²) >= 11 is 4.30. The van der Waals surface area contributed by atoms with Gasteiger partial charge in [-0.25, -0.2) is 0 Å². The summed E-state index contributed by atoms with van der Waals surface area (Å²) in [6.07, 6.45) is 0. The lowest BCUT2D eigenvalue weighted by molar-refractivity contribution is 0.182. The molecule has 0 unspecified atom stereocenters. The summed E-state index contributed by atoms with van der Waals surface area (Å²) in [5.41, 5.74) is 1.23. The Labute approximate surface area is 103 Å². The van der Waals surface area contributed by atoms with Gasteiger partial charge in [-0.3, -0.25) is 0 Å². The van der Waals surface area contributed by atoms with Crippen molar-refractivity contribution >= 4 is 12.6 Å². The third kappa shape index (κ3) is 4.45. The highest BCUT2D eigenvalue weighted by Crippen LogP contribution is 2.20. The molecule has 0 N–H and O–H groups in total. The van der Waals surface area contributed by atoms with Crippen LogP contribution in [0.2, 0.25) is 0 Å². The molecule has 0 heterocycles. The van der Waals surface area contributed by atoms with Crippen LogP contribution < -0.4 is 4.74 Å². The minimum Gasteiger partial charge on any atom is -0.493 e. The summed E-state index contributed by atoms with van der Waals surface area (Å²) in [7, 11) is 1.69. The highest BCUT2D eigenvalue weighted by Gasteiger charge is 2.16. The van der Waals surface area contributed by atoms with E-state index in [1.807, 2.05) is 24.3 Å². The minimum atomic E-state index is 0.0976. The Hall–Kier alpha value is -0.670. The summed E-state index contributed by atoms with van der Waals surface area (Å²) in [6.45, 7) is 5.57. The molecular formula is C13H20O2S. The molecule has 0 aliphatic heterocycles. The van der Waals surface area contributed by atoms with Crippen LogP contribution in [0.5, 0.6) is 5.75 Å². The minimum absolute atomic E-state index is 0.0976. The Kier molecular flexibility index (Phi) is 5.16. The van der Waals surface area contributed by atoms with E-state index in [1.54, 1.807) is 7.11 Å². The second-order valence-corrected chi connectivity index (χ2v) is 5.01. The number of hydrogen-bond acceptors (Lipinski definition) is 3. The summed E-state index contributed by atoms with van der Waals surface area (Å²) < 4.78 is 10.8. The van der Waals surface area contributed by atoms with Gasteiger partial charge in [-0.05, 0) is 23.4 Å². The number of ether oxygens (including phenoxy) is 2. The summed E-state index contributed by atoms with van der Waals surface area (Å²) in [5, 5.41) is 0. The number of hydrogen-bond donors (Lipinski definition) is 1. The normalized spacial score (nSPS) is 11.5. The molecule has 0 saturated carbocycles. The fraction of sp³-hybridized carbons (Fsp3) is 0.538. The van der Waals surface area contributed by atoms with E-state index in [0.717, 1.165) is 17.1 Å².